The van der Waals surface area contributed by atoms with Crippen LogP contribution in [-0.2, 0) is 4.79 Å². The number of carbonyl (C=O) groups excluding carboxylic acids is 1. The average Bonchev–Trinajstić information content (AvgIpc) is 2.56. The molecule has 5 heteroatoms. The van der Waals surface area contributed by atoms with Gasteiger partial charge in [0.1, 0.15) is 5.75 Å². The van der Waals surface area contributed by atoms with Gasteiger partial charge < -0.3 is 20.2 Å². The number of para-hydroxylation sites is 2. The van der Waals surface area contributed by atoms with Crippen molar-refractivity contribution in [3.05, 3.63) is 24.3 Å². The first kappa shape index (κ1) is 14.2. The van der Waals surface area contributed by atoms with Crippen LogP contribution in [-0.4, -0.2) is 54.7 Å². The topological polar surface area (TPSA) is 55.8 Å². The molecule has 5 nitrogen and oxygen atoms in total. The number of phenols is 1. The number of benzene rings is 1. The highest BCUT2D eigenvalue weighted by Crippen LogP contribution is 2.27. The highest BCUT2D eigenvalue weighted by Gasteiger charge is 2.28. The van der Waals surface area contributed by atoms with Crippen molar-refractivity contribution in [2.45, 2.75) is 25.3 Å². The van der Waals surface area contributed by atoms with Crippen LogP contribution in [0.3, 0.4) is 0 Å². The summed E-state index contributed by atoms with van der Waals surface area (Å²) in [6.07, 6.45) is 3.27. The molecular weight excluding hydrogens is 266 g/mol. The summed E-state index contributed by atoms with van der Waals surface area (Å²) in [5.74, 6) is 0.554. The monoisotopic (exact) mass is 289 g/mol. The number of nitrogens with one attached hydrogen (secondary N) is 1. The van der Waals surface area contributed by atoms with Crippen LogP contribution in [0.25, 0.3) is 0 Å². The Morgan fingerprint density at radius 1 is 1.14 bits per heavy atom. The summed E-state index contributed by atoms with van der Waals surface area (Å²) in [6, 6.07) is 7.40. The van der Waals surface area contributed by atoms with Gasteiger partial charge in [-0.3, -0.25) is 4.79 Å². The van der Waals surface area contributed by atoms with Crippen molar-refractivity contribution in [2.24, 2.45) is 0 Å². The van der Waals surface area contributed by atoms with Crippen molar-refractivity contribution in [1.82, 2.24) is 10.2 Å². The number of carbonyl (C=O) groups is 1. The van der Waals surface area contributed by atoms with E-state index in [9.17, 15) is 9.90 Å². The Morgan fingerprint density at radius 2 is 1.90 bits per heavy atom. The van der Waals surface area contributed by atoms with E-state index in [0.717, 1.165) is 51.3 Å². The molecule has 2 heterocycles. The zero-order chi connectivity index (χ0) is 14.7. The van der Waals surface area contributed by atoms with Crippen LogP contribution in [0, 0.1) is 0 Å². The lowest BCUT2D eigenvalue weighted by atomic mass is 10.0. The first-order valence-electron chi connectivity index (χ1n) is 7.81. The predicted molar refractivity (Wildman–Crippen MR) is 82.5 cm³/mol. The molecule has 2 N–H and O–H groups in total. The number of hydrogen-bond donors (Lipinski definition) is 2. The molecule has 21 heavy (non-hydrogen) atoms. The van der Waals surface area contributed by atoms with Crippen LogP contribution in [0.5, 0.6) is 5.75 Å². The van der Waals surface area contributed by atoms with E-state index in [1.807, 2.05) is 23.1 Å². The molecule has 0 aliphatic carbocycles. The van der Waals surface area contributed by atoms with E-state index in [4.69, 9.17) is 0 Å². The minimum absolute atomic E-state index is 0.00966. The molecule has 1 aromatic carbocycles. The first-order chi connectivity index (χ1) is 10.3. The van der Waals surface area contributed by atoms with Crippen LogP contribution in [0.4, 0.5) is 5.69 Å². The van der Waals surface area contributed by atoms with Crippen LogP contribution in [0.15, 0.2) is 24.3 Å². The summed E-state index contributed by atoms with van der Waals surface area (Å²) in [4.78, 5) is 16.6. The average molecular weight is 289 g/mol. The number of amides is 1. The van der Waals surface area contributed by atoms with Gasteiger partial charge in [0.15, 0.2) is 0 Å². The van der Waals surface area contributed by atoms with Gasteiger partial charge in [0.2, 0.25) is 5.91 Å². The van der Waals surface area contributed by atoms with Gasteiger partial charge in [-0.1, -0.05) is 18.6 Å². The van der Waals surface area contributed by atoms with Gasteiger partial charge in [0.25, 0.3) is 0 Å². The lowest BCUT2D eigenvalue weighted by Crippen LogP contribution is -2.55. The van der Waals surface area contributed by atoms with E-state index < -0.39 is 0 Å². The Morgan fingerprint density at radius 3 is 2.57 bits per heavy atom. The van der Waals surface area contributed by atoms with E-state index in [1.54, 1.807) is 6.07 Å². The Kier molecular flexibility index (Phi) is 4.29. The summed E-state index contributed by atoms with van der Waals surface area (Å²) in [5.41, 5.74) is 0.861. The Labute approximate surface area is 125 Å². The molecule has 1 atom stereocenters. The van der Waals surface area contributed by atoms with Crippen LogP contribution < -0.4 is 10.2 Å². The van der Waals surface area contributed by atoms with Crippen molar-refractivity contribution in [2.75, 3.05) is 37.6 Å². The molecule has 1 amide bonds. The second kappa shape index (κ2) is 6.35. The number of hydrogen-bond acceptors (Lipinski definition) is 4. The van der Waals surface area contributed by atoms with Gasteiger partial charge in [-0.05, 0) is 31.5 Å². The van der Waals surface area contributed by atoms with Crippen molar-refractivity contribution in [1.29, 1.82) is 0 Å². The summed E-state index contributed by atoms with van der Waals surface area (Å²) >= 11 is 0. The molecule has 0 radical (unpaired) electrons. The predicted octanol–water partition coefficient (Wildman–Crippen LogP) is 1.18. The fourth-order valence-electron chi connectivity index (χ4n) is 3.18. The van der Waals surface area contributed by atoms with Crippen LogP contribution >= 0.6 is 0 Å². The quantitative estimate of drug-likeness (QED) is 0.858. The van der Waals surface area contributed by atoms with E-state index in [2.05, 4.69) is 10.2 Å². The maximum atomic E-state index is 12.5. The van der Waals surface area contributed by atoms with Gasteiger partial charge in [-0.2, -0.15) is 0 Å². The molecule has 0 saturated carbocycles. The smallest absolute Gasteiger partial charge is 0.239 e. The summed E-state index contributed by atoms with van der Waals surface area (Å²) < 4.78 is 0. The molecule has 2 aliphatic rings. The van der Waals surface area contributed by atoms with Crippen molar-refractivity contribution >= 4 is 11.6 Å². The lowest BCUT2D eigenvalue weighted by molar-refractivity contribution is -0.134. The third-order valence-electron chi connectivity index (χ3n) is 4.42. The fourth-order valence-corrected chi connectivity index (χ4v) is 3.18. The third-order valence-corrected chi connectivity index (χ3v) is 4.42. The molecule has 0 spiro atoms. The maximum Gasteiger partial charge on any atom is 0.239 e. The number of piperazine rings is 1. The number of rotatable bonds is 2. The van der Waals surface area contributed by atoms with Gasteiger partial charge in [0, 0.05) is 26.2 Å². The SMILES string of the molecule is O=C([C@H]1CCCCN1)N1CCN(c2ccccc2O)CC1. The highest BCUT2D eigenvalue weighted by atomic mass is 16.3. The number of anilines is 1. The van der Waals surface area contributed by atoms with Crippen molar-refractivity contribution < 1.29 is 9.90 Å². The first-order valence-corrected chi connectivity index (χ1v) is 7.81. The number of nitrogens with zero attached hydrogens (tertiary/aromatic N) is 2. The summed E-state index contributed by atoms with van der Waals surface area (Å²) in [7, 11) is 0. The molecule has 114 valence electrons. The molecule has 2 fully saturated rings. The molecule has 2 saturated heterocycles. The number of piperidine rings is 1. The third kappa shape index (κ3) is 3.13. The normalized spacial score (nSPS) is 23.1. The largest absolute Gasteiger partial charge is 0.506 e. The molecule has 3 rings (SSSR count). The fraction of sp³-hybridized carbons (Fsp3) is 0.562. The molecule has 0 unspecified atom stereocenters. The van der Waals surface area contributed by atoms with Crippen molar-refractivity contribution in [3.8, 4) is 5.75 Å². The van der Waals surface area contributed by atoms with Crippen molar-refractivity contribution in [3.63, 3.8) is 0 Å². The second-order valence-corrected chi connectivity index (χ2v) is 5.80. The van der Waals surface area contributed by atoms with Gasteiger partial charge >= 0.3 is 0 Å². The number of aromatic hydroxyl groups is 1. The summed E-state index contributed by atoms with van der Waals surface area (Å²) in [6.45, 7) is 3.96. The Bertz CT molecular complexity index is 492. The molecular formula is C16H23N3O2. The molecule has 0 aromatic heterocycles. The van der Waals surface area contributed by atoms with E-state index in [1.165, 1.54) is 6.42 Å². The molecule has 1 aromatic rings. The Hall–Kier alpha value is -1.75. The van der Waals surface area contributed by atoms with Crippen LogP contribution in [0.2, 0.25) is 0 Å². The van der Waals surface area contributed by atoms with Gasteiger partial charge in [0.05, 0.1) is 11.7 Å². The minimum atomic E-state index is 0.00966. The second-order valence-electron chi connectivity index (χ2n) is 5.80. The number of phenolic OH excluding ortho intramolecular Hbond substituents is 1. The minimum Gasteiger partial charge on any atom is -0.506 e. The lowest BCUT2D eigenvalue weighted by Gasteiger charge is -2.38. The zero-order valence-corrected chi connectivity index (χ0v) is 12.3. The van der Waals surface area contributed by atoms with Crippen LogP contribution in [0.1, 0.15) is 19.3 Å². The van der Waals surface area contributed by atoms with Gasteiger partial charge in [-0.15, -0.1) is 0 Å². The molecule has 0 bridgehead atoms. The highest BCUT2D eigenvalue weighted by molar-refractivity contribution is 5.82. The summed E-state index contributed by atoms with van der Waals surface area (Å²) in [5, 5.41) is 13.2. The van der Waals surface area contributed by atoms with E-state index in [0.29, 0.717) is 5.75 Å². The van der Waals surface area contributed by atoms with Gasteiger partial charge in [-0.25, -0.2) is 0 Å². The van der Waals surface area contributed by atoms with E-state index in [-0.39, 0.29) is 11.9 Å². The van der Waals surface area contributed by atoms with E-state index >= 15 is 0 Å². The Balaban J connectivity index is 1.57. The maximum absolute atomic E-state index is 12.5. The molecule has 2 aliphatic heterocycles. The zero-order valence-electron chi connectivity index (χ0n) is 12.3. The standard InChI is InChI=1S/C16H23N3O2/c20-15-7-2-1-6-14(15)18-9-11-19(12-10-18)16(21)13-5-3-4-8-17-13/h1-2,6-7,13,17,20H,3-5,8-12H2/t13-/m1/s1.